The molecule has 1 fully saturated rings. The summed E-state index contributed by atoms with van der Waals surface area (Å²) in [5, 5.41) is 11.7. The van der Waals surface area contributed by atoms with Crippen LogP contribution in [0.4, 0.5) is 0 Å². The maximum Gasteiger partial charge on any atom is 0.225 e. The molecule has 1 heterocycles. The highest BCUT2D eigenvalue weighted by Crippen LogP contribution is 2.13. The van der Waals surface area contributed by atoms with E-state index in [0.717, 1.165) is 39.0 Å². The Morgan fingerprint density at radius 3 is 2.37 bits per heavy atom. The van der Waals surface area contributed by atoms with Crippen LogP contribution in [0.3, 0.4) is 0 Å². The van der Waals surface area contributed by atoms with Crippen molar-refractivity contribution >= 4 is 11.7 Å². The molecule has 1 aliphatic rings. The fraction of sp³-hybridized carbons (Fsp3) is 0.846. The van der Waals surface area contributed by atoms with Gasteiger partial charge in [-0.05, 0) is 13.3 Å². The second-order valence-electron chi connectivity index (χ2n) is 5.25. The highest BCUT2D eigenvalue weighted by molar-refractivity contribution is 5.84. The van der Waals surface area contributed by atoms with Crippen LogP contribution >= 0.6 is 0 Å². The fourth-order valence-corrected chi connectivity index (χ4v) is 2.47. The summed E-state index contributed by atoms with van der Waals surface area (Å²) in [4.78, 5) is 16.2. The zero-order valence-corrected chi connectivity index (χ0v) is 12.2. The SMILES string of the molecule is CCCC(C)C(=O)N1CCN(C(C)C(N)=NO)CC1. The summed E-state index contributed by atoms with van der Waals surface area (Å²) in [5.41, 5.74) is 5.61. The van der Waals surface area contributed by atoms with E-state index in [9.17, 15) is 4.79 Å². The number of carbonyl (C=O) groups is 1. The first-order chi connectivity index (χ1) is 9.01. The van der Waals surface area contributed by atoms with E-state index < -0.39 is 0 Å². The van der Waals surface area contributed by atoms with Crippen molar-refractivity contribution in [3.63, 3.8) is 0 Å². The minimum absolute atomic E-state index is 0.0877. The lowest BCUT2D eigenvalue weighted by atomic mass is 10.0. The summed E-state index contributed by atoms with van der Waals surface area (Å²) < 4.78 is 0. The predicted molar refractivity (Wildman–Crippen MR) is 75.1 cm³/mol. The third-order valence-electron chi connectivity index (χ3n) is 3.86. The monoisotopic (exact) mass is 270 g/mol. The maximum atomic E-state index is 12.2. The second kappa shape index (κ2) is 7.33. The lowest BCUT2D eigenvalue weighted by molar-refractivity contribution is -0.137. The molecule has 1 saturated heterocycles. The summed E-state index contributed by atoms with van der Waals surface area (Å²) in [7, 11) is 0. The molecule has 2 unspecified atom stereocenters. The Hall–Kier alpha value is -1.30. The van der Waals surface area contributed by atoms with Gasteiger partial charge in [-0.3, -0.25) is 9.69 Å². The van der Waals surface area contributed by atoms with Crippen molar-refractivity contribution in [3.8, 4) is 0 Å². The van der Waals surface area contributed by atoms with Gasteiger partial charge in [0.1, 0.15) is 0 Å². The molecule has 110 valence electrons. The number of amides is 1. The zero-order valence-electron chi connectivity index (χ0n) is 12.2. The van der Waals surface area contributed by atoms with Gasteiger partial charge in [0.25, 0.3) is 0 Å². The van der Waals surface area contributed by atoms with Gasteiger partial charge in [0.2, 0.25) is 5.91 Å². The molecule has 1 rings (SSSR count). The van der Waals surface area contributed by atoms with Crippen molar-refractivity contribution in [2.45, 2.75) is 39.7 Å². The van der Waals surface area contributed by atoms with E-state index in [1.807, 2.05) is 18.7 Å². The molecule has 19 heavy (non-hydrogen) atoms. The number of carbonyl (C=O) groups excluding carboxylic acids is 1. The number of oxime groups is 1. The zero-order chi connectivity index (χ0) is 14.4. The Morgan fingerprint density at radius 1 is 1.32 bits per heavy atom. The van der Waals surface area contributed by atoms with Crippen LogP contribution in [0.2, 0.25) is 0 Å². The minimum atomic E-state index is -0.0877. The van der Waals surface area contributed by atoms with Gasteiger partial charge in [-0.1, -0.05) is 25.4 Å². The summed E-state index contributed by atoms with van der Waals surface area (Å²) in [6, 6.07) is -0.0877. The van der Waals surface area contributed by atoms with Gasteiger partial charge in [0, 0.05) is 32.1 Å². The molecule has 1 amide bonds. The van der Waals surface area contributed by atoms with Crippen LogP contribution < -0.4 is 5.73 Å². The summed E-state index contributed by atoms with van der Waals surface area (Å²) >= 11 is 0. The summed E-state index contributed by atoms with van der Waals surface area (Å²) in [6.07, 6.45) is 1.98. The quantitative estimate of drug-likeness (QED) is 0.333. The van der Waals surface area contributed by atoms with Gasteiger partial charge in [-0.2, -0.15) is 0 Å². The van der Waals surface area contributed by atoms with Crippen molar-refractivity contribution in [2.75, 3.05) is 26.2 Å². The number of nitrogens with two attached hydrogens (primary N) is 1. The third kappa shape index (κ3) is 4.09. The lowest BCUT2D eigenvalue weighted by Crippen LogP contribution is -2.55. The first-order valence-electron chi connectivity index (χ1n) is 7.01. The van der Waals surface area contributed by atoms with Crippen LogP contribution in [0.1, 0.15) is 33.6 Å². The first kappa shape index (κ1) is 15.8. The van der Waals surface area contributed by atoms with Gasteiger partial charge >= 0.3 is 0 Å². The molecule has 0 aromatic rings. The molecule has 6 heteroatoms. The van der Waals surface area contributed by atoms with E-state index in [-0.39, 0.29) is 23.7 Å². The smallest absolute Gasteiger partial charge is 0.225 e. The highest BCUT2D eigenvalue weighted by Gasteiger charge is 2.27. The topological polar surface area (TPSA) is 82.2 Å². The average molecular weight is 270 g/mol. The van der Waals surface area contributed by atoms with Crippen molar-refractivity contribution in [3.05, 3.63) is 0 Å². The number of rotatable bonds is 5. The molecule has 3 N–H and O–H groups in total. The number of piperazine rings is 1. The third-order valence-corrected chi connectivity index (χ3v) is 3.86. The molecule has 0 aromatic heterocycles. The van der Waals surface area contributed by atoms with Crippen molar-refractivity contribution < 1.29 is 10.0 Å². The van der Waals surface area contributed by atoms with Crippen molar-refractivity contribution in [1.82, 2.24) is 9.80 Å². The normalized spacial score (nSPS) is 21.2. The lowest BCUT2D eigenvalue weighted by Gasteiger charge is -2.38. The largest absolute Gasteiger partial charge is 0.409 e. The van der Waals surface area contributed by atoms with Crippen LogP contribution in [0, 0.1) is 5.92 Å². The minimum Gasteiger partial charge on any atom is -0.409 e. The molecule has 0 radical (unpaired) electrons. The van der Waals surface area contributed by atoms with E-state index in [4.69, 9.17) is 10.9 Å². The Bertz CT molecular complexity index is 325. The summed E-state index contributed by atoms with van der Waals surface area (Å²) in [6.45, 7) is 8.97. The Labute approximate surface area is 115 Å². The highest BCUT2D eigenvalue weighted by atomic mass is 16.4. The molecule has 0 bridgehead atoms. The molecule has 0 aromatic carbocycles. The first-order valence-corrected chi connectivity index (χ1v) is 7.01. The van der Waals surface area contributed by atoms with Crippen LogP contribution in [0.5, 0.6) is 0 Å². The van der Waals surface area contributed by atoms with Crippen molar-refractivity contribution in [1.29, 1.82) is 0 Å². The molecule has 1 aliphatic heterocycles. The van der Waals surface area contributed by atoms with Gasteiger partial charge in [-0.25, -0.2) is 0 Å². The second-order valence-corrected chi connectivity index (χ2v) is 5.25. The van der Waals surface area contributed by atoms with Gasteiger partial charge in [0.05, 0.1) is 6.04 Å². The van der Waals surface area contributed by atoms with Gasteiger partial charge in [0.15, 0.2) is 5.84 Å². The number of amidine groups is 1. The molecule has 6 nitrogen and oxygen atoms in total. The van der Waals surface area contributed by atoms with Crippen LogP contribution in [-0.2, 0) is 4.79 Å². The van der Waals surface area contributed by atoms with Gasteiger partial charge < -0.3 is 15.8 Å². The van der Waals surface area contributed by atoms with E-state index in [1.165, 1.54) is 0 Å². The number of hydrogen-bond donors (Lipinski definition) is 2. The van der Waals surface area contributed by atoms with E-state index in [1.54, 1.807) is 0 Å². The van der Waals surface area contributed by atoms with Gasteiger partial charge in [-0.15, -0.1) is 0 Å². The molecule has 0 spiro atoms. The Balaban J connectivity index is 2.47. The van der Waals surface area contributed by atoms with Crippen LogP contribution in [0.15, 0.2) is 5.16 Å². The number of nitrogens with zero attached hydrogens (tertiary/aromatic N) is 3. The predicted octanol–water partition coefficient (Wildman–Crippen LogP) is 0.702. The molecular formula is C13H26N4O2. The van der Waals surface area contributed by atoms with Crippen LogP contribution in [-0.4, -0.2) is 59.0 Å². The number of hydrogen-bond acceptors (Lipinski definition) is 4. The van der Waals surface area contributed by atoms with E-state index >= 15 is 0 Å². The van der Waals surface area contributed by atoms with Crippen LogP contribution in [0.25, 0.3) is 0 Å². The maximum absolute atomic E-state index is 12.2. The van der Waals surface area contributed by atoms with Crippen molar-refractivity contribution in [2.24, 2.45) is 16.8 Å². The molecular weight excluding hydrogens is 244 g/mol. The standard InChI is InChI=1S/C13H26N4O2/c1-4-5-10(2)13(18)17-8-6-16(7-9-17)11(3)12(14)15-19/h10-11,19H,4-9H2,1-3H3,(H2,14,15). The fourth-order valence-electron chi connectivity index (χ4n) is 2.47. The Kier molecular flexibility index (Phi) is 6.08. The van der Waals surface area contributed by atoms with E-state index in [2.05, 4.69) is 17.0 Å². The average Bonchev–Trinajstić information content (AvgIpc) is 2.45. The van der Waals surface area contributed by atoms with E-state index in [0.29, 0.717) is 0 Å². The molecule has 2 atom stereocenters. The summed E-state index contributed by atoms with van der Waals surface area (Å²) in [5.74, 6) is 0.579. The molecule has 0 saturated carbocycles. The molecule has 0 aliphatic carbocycles. The Morgan fingerprint density at radius 2 is 1.89 bits per heavy atom.